The van der Waals surface area contributed by atoms with Gasteiger partial charge in [0.1, 0.15) is 0 Å². The molecule has 2 rings (SSSR count). The minimum atomic E-state index is -4.02. The van der Waals surface area contributed by atoms with E-state index in [1.54, 1.807) is 32.9 Å². The number of rotatable bonds is 5. The first-order valence-corrected chi connectivity index (χ1v) is 9.72. The first-order chi connectivity index (χ1) is 12.4. The van der Waals surface area contributed by atoms with E-state index in [0.29, 0.717) is 16.7 Å². The minimum Gasteiger partial charge on any atom is -0.479 e. The van der Waals surface area contributed by atoms with E-state index in [1.807, 2.05) is 13.0 Å². The number of benzene rings is 2. The van der Waals surface area contributed by atoms with Gasteiger partial charge in [0.25, 0.3) is 5.91 Å². The summed E-state index contributed by atoms with van der Waals surface area (Å²) in [5, 5.41) is 17.3. The molecule has 2 aromatic carbocycles. The van der Waals surface area contributed by atoms with E-state index in [-0.39, 0.29) is 10.5 Å². The standard InChI is InChI=1S/C19H22N2O5S/c1-10-6-5-7-15(12(10)3)17(19(23)24)21-18(22)14-8-11(2)13(4)16(9-14)27(20,25)26/h5-9,17H,1-4H3,(H,21,22)(H,23,24)(H2,20,25,26). The van der Waals surface area contributed by atoms with Crippen molar-refractivity contribution in [2.45, 2.75) is 38.6 Å². The van der Waals surface area contributed by atoms with Crippen molar-refractivity contribution < 1.29 is 23.1 Å². The Hall–Kier alpha value is -2.71. The molecule has 1 unspecified atom stereocenters. The fraction of sp³-hybridized carbons (Fsp3) is 0.263. The van der Waals surface area contributed by atoms with Crippen LogP contribution in [0.4, 0.5) is 0 Å². The van der Waals surface area contributed by atoms with Crippen molar-refractivity contribution >= 4 is 21.9 Å². The van der Waals surface area contributed by atoms with Crippen LogP contribution in [0.5, 0.6) is 0 Å². The maximum absolute atomic E-state index is 12.7. The summed E-state index contributed by atoms with van der Waals surface area (Å²) >= 11 is 0. The van der Waals surface area contributed by atoms with Gasteiger partial charge in [-0.05, 0) is 67.6 Å². The Bertz CT molecular complexity index is 1030. The Morgan fingerprint density at radius 2 is 1.67 bits per heavy atom. The Kier molecular flexibility index (Phi) is 5.72. The third-order valence-corrected chi connectivity index (χ3v) is 5.71. The molecular weight excluding hydrogens is 368 g/mol. The molecule has 0 saturated heterocycles. The normalized spacial score (nSPS) is 12.5. The van der Waals surface area contributed by atoms with E-state index in [9.17, 15) is 23.1 Å². The summed E-state index contributed by atoms with van der Waals surface area (Å²) in [5.41, 5.74) is 3.15. The highest BCUT2D eigenvalue weighted by Crippen LogP contribution is 2.23. The number of aryl methyl sites for hydroxylation is 2. The SMILES string of the molecule is Cc1cccc(C(NC(=O)c2cc(C)c(C)c(S(N)(=O)=O)c2)C(=O)O)c1C. The quantitative estimate of drug-likeness (QED) is 0.721. The Labute approximate surface area is 158 Å². The third kappa shape index (κ3) is 4.35. The number of carboxylic acid groups (broad SMARTS) is 1. The van der Waals surface area contributed by atoms with Crippen LogP contribution < -0.4 is 10.5 Å². The van der Waals surface area contributed by atoms with E-state index in [4.69, 9.17) is 5.14 Å². The van der Waals surface area contributed by atoms with E-state index in [0.717, 1.165) is 17.2 Å². The maximum Gasteiger partial charge on any atom is 0.330 e. The number of aliphatic carboxylic acids is 1. The van der Waals surface area contributed by atoms with Gasteiger partial charge >= 0.3 is 5.97 Å². The second kappa shape index (κ2) is 7.50. The Morgan fingerprint density at radius 1 is 1.04 bits per heavy atom. The van der Waals surface area contributed by atoms with Crippen LogP contribution in [-0.4, -0.2) is 25.4 Å². The molecule has 2 aromatic rings. The first-order valence-electron chi connectivity index (χ1n) is 8.17. The maximum atomic E-state index is 12.7. The lowest BCUT2D eigenvalue weighted by Crippen LogP contribution is -2.34. The zero-order chi connectivity index (χ0) is 20.5. The van der Waals surface area contributed by atoms with Crippen LogP contribution in [0.3, 0.4) is 0 Å². The molecule has 0 aliphatic carbocycles. The number of primary sulfonamides is 1. The summed E-state index contributed by atoms with van der Waals surface area (Å²) in [6.07, 6.45) is 0. The number of carbonyl (C=O) groups is 2. The van der Waals surface area contributed by atoms with Crippen LogP contribution in [-0.2, 0) is 14.8 Å². The molecule has 8 heteroatoms. The molecule has 0 bridgehead atoms. The summed E-state index contributed by atoms with van der Waals surface area (Å²) in [7, 11) is -4.02. The average Bonchev–Trinajstić information content (AvgIpc) is 2.56. The summed E-state index contributed by atoms with van der Waals surface area (Å²) < 4.78 is 23.5. The van der Waals surface area contributed by atoms with Crippen LogP contribution >= 0.6 is 0 Å². The van der Waals surface area contributed by atoms with Gasteiger partial charge in [-0.2, -0.15) is 0 Å². The van der Waals surface area contributed by atoms with Gasteiger partial charge in [0, 0.05) is 5.56 Å². The third-order valence-electron chi connectivity index (χ3n) is 4.67. The number of hydrogen-bond donors (Lipinski definition) is 3. The van der Waals surface area contributed by atoms with Crippen LogP contribution in [0.15, 0.2) is 35.2 Å². The van der Waals surface area contributed by atoms with Crippen molar-refractivity contribution in [2.24, 2.45) is 5.14 Å². The lowest BCUT2D eigenvalue weighted by atomic mass is 9.97. The summed E-state index contributed by atoms with van der Waals surface area (Å²) in [5.74, 6) is -1.91. The molecule has 4 N–H and O–H groups in total. The monoisotopic (exact) mass is 390 g/mol. The topological polar surface area (TPSA) is 127 Å². The molecule has 0 saturated carbocycles. The number of nitrogens with two attached hydrogens (primary N) is 1. The lowest BCUT2D eigenvalue weighted by molar-refractivity contribution is -0.139. The predicted octanol–water partition coefficient (Wildman–Crippen LogP) is 2.12. The molecule has 0 aromatic heterocycles. The zero-order valence-corrected chi connectivity index (χ0v) is 16.3. The molecule has 0 aliphatic heterocycles. The fourth-order valence-corrected chi connectivity index (χ4v) is 3.71. The number of nitrogens with one attached hydrogen (secondary N) is 1. The van der Waals surface area contributed by atoms with Crippen molar-refractivity contribution in [3.05, 3.63) is 63.7 Å². The zero-order valence-electron chi connectivity index (χ0n) is 15.5. The molecular formula is C19H22N2O5S. The lowest BCUT2D eigenvalue weighted by Gasteiger charge is -2.19. The Morgan fingerprint density at radius 3 is 2.22 bits per heavy atom. The van der Waals surface area contributed by atoms with Crippen molar-refractivity contribution in [3.63, 3.8) is 0 Å². The molecule has 0 aliphatic rings. The van der Waals surface area contributed by atoms with Gasteiger partial charge in [-0.1, -0.05) is 18.2 Å². The highest BCUT2D eigenvalue weighted by molar-refractivity contribution is 7.89. The molecule has 0 radical (unpaired) electrons. The van der Waals surface area contributed by atoms with Gasteiger partial charge < -0.3 is 10.4 Å². The number of amides is 1. The van der Waals surface area contributed by atoms with Crippen molar-refractivity contribution in [3.8, 4) is 0 Å². The summed E-state index contributed by atoms with van der Waals surface area (Å²) in [6.45, 7) is 6.87. The van der Waals surface area contributed by atoms with Gasteiger partial charge in [0.15, 0.2) is 6.04 Å². The van der Waals surface area contributed by atoms with Gasteiger partial charge in [-0.3, -0.25) is 4.79 Å². The van der Waals surface area contributed by atoms with Crippen molar-refractivity contribution in [2.75, 3.05) is 0 Å². The molecule has 0 fully saturated rings. The second-order valence-electron chi connectivity index (χ2n) is 6.50. The molecule has 1 amide bonds. The van der Waals surface area contributed by atoms with E-state index >= 15 is 0 Å². The van der Waals surface area contributed by atoms with Gasteiger partial charge in [-0.15, -0.1) is 0 Å². The van der Waals surface area contributed by atoms with Crippen LogP contribution in [0, 0.1) is 27.7 Å². The fourth-order valence-electron chi connectivity index (χ4n) is 2.83. The first kappa shape index (κ1) is 20.6. The van der Waals surface area contributed by atoms with Crippen LogP contribution in [0.1, 0.15) is 44.2 Å². The van der Waals surface area contributed by atoms with Gasteiger partial charge in [0.2, 0.25) is 10.0 Å². The minimum absolute atomic E-state index is 0.0266. The second-order valence-corrected chi connectivity index (χ2v) is 8.02. The van der Waals surface area contributed by atoms with E-state index in [1.165, 1.54) is 6.07 Å². The highest BCUT2D eigenvalue weighted by Gasteiger charge is 2.26. The predicted molar refractivity (Wildman–Crippen MR) is 101 cm³/mol. The number of carbonyl (C=O) groups excluding carboxylic acids is 1. The number of sulfonamides is 1. The highest BCUT2D eigenvalue weighted by atomic mass is 32.2. The van der Waals surface area contributed by atoms with Gasteiger partial charge in [-0.25, -0.2) is 18.4 Å². The summed E-state index contributed by atoms with van der Waals surface area (Å²) in [4.78, 5) is 24.2. The number of hydrogen-bond acceptors (Lipinski definition) is 4. The van der Waals surface area contributed by atoms with Crippen molar-refractivity contribution in [1.29, 1.82) is 0 Å². The van der Waals surface area contributed by atoms with Crippen molar-refractivity contribution in [1.82, 2.24) is 5.32 Å². The molecule has 7 nitrogen and oxygen atoms in total. The molecule has 0 heterocycles. The summed E-state index contributed by atoms with van der Waals surface area (Å²) in [6, 6.07) is 6.60. The molecule has 0 spiro atoms. The van der Waals surface area contributed by atoms with E-state index < -0.39 is 27.9 Å². The Balaban J connectivity index is 2.47. The number of carboxylic acids is 1. The van der Waals surface area contributed by atoms with Crippen LogP contribution in [0.2, 0.25) is 0 Å². The largest absolute Gasteiger partial charge is 0.479 e. The van der Waals surface area contributed by atoms with Gasteiger partial charge in [0.05, 0.1) is 4.90 Å². The molecule has 1 atom stereocenters. The molecule has 144 valence electrons. The van der Waals surface area contributed by atoms with E-state index in [2.05, 4.69) is 5.32 Å². The average molecular weight is 390 g/mol. The molecule has 27 heavy (non-hydrogen) atoms. The van der Waals surface area contributed by atoms with Crippen LogP contribution in [0.25, 0.3) is 0 Å². The smallest absolute Gasteiger partial charge is 0.330 e.